The number of hydrogen-bond donors (Lipinski definition) is 2. The third-order valence-electron chi connectivity index (χ3n) is 2.44. The molecular formula is C13H13BrN2O. The Morgan fingerprint density at radius 1 is 1.53 bits per heavy atom. The number of rotatable bonds is 3. The number of aromatic amines is 1. The number of nitrogens with one attached hydrogen (secondary N) is 2. The van der Waals surface area contributed by atoms with E-state index in [1.165, 1.54) is 12.3 Å². The molecule has 0 aliphatic carbocycles. The van der Waals surface area contributed by atoms with Crippen molar-refractivity contribution in [2.24, 2.45) is 0 Å². The minimum Gasteiger partial charge on any atom is -0.361 e. The van der Waals surface area contributed by atoms with Crippen LogP contribution in [0, 0.1) is 0 Å². The first-order valence-corrected chi connectivity index (χ1v) is 6.14. The van der Waals surface area contributed by atoms with E-state index in [-0.39, 0.29) is 5.91 Å². The second-order valence-electron chi connectivity index (χ2n) is 3.77. The van der Waals surface area contributed by atoms with Crippen LogP contribution in [0.25, 0.3) is 17.0 Å². The predicted octanol–water partition coefficient (Wildman–Crippen LogP) is 3.08. The minimum atomic E-state index is -0.0162. The second-order valence-corrected chi connectivity index (χ2v) is 4.69. The molecule has 1 aromatic carbocycles. The maximum atomic E-state index is 10.7. The Hall–Kier alpha value is -1.55. The molecule has 0 atom stereocenters. The number of H-pyrrole nitrogens is 1. The van der Waals surface area contributed by atoms with Crippen LogP contribution in [0.15, 0.2) is 34.9 Å². The zero-order valence-electron chi connectivity index (χ0n) is 9.46. The highest BCUT2D eigenvalue weighted by molar-refractivity contribution is 9.10. The van der Waals surface area contributed by atoms with Gasteiger partial charge in [-0.1, -0.05) is 34.1 Å². The molecule has 0 spiro atoms. The zero-order chi connectivity index (χ0) is 12.3. The van der Waals surface area contributed by atoms with Crippen LogP contribution in [-0.2, 0) is 4.79 Å². The van der Waals surface area contributed by atoms with Crippen LogP contribution in [-0.4, -0.2) is 17.4 Å². The van der Waals surface area contributed by atoms with Gasteiger partial charge in [-0.2, -0.15) is 0 Å². The Morgan fingerprint density at radius 3 is 3.12 bits per heavy atom. The Balaban J connectivity index is 2.16. The number of halogens is 1. The van der Waals surface area contributed by atoms with Gasteiger partial charge in [0.25, 0.3) is 0 Å². The molecule has 1 heterocycles. The van der Waals surface area contributed by atoms with Crippen molar-refractivity contribution in [3.05, 3.63) is 40.5 Å². The summed E-state index contributed by atoms with van der Waals surface area (Å²) in [4.78, 5) is 13.9. The van der Waals surface area contributed by atoms with E-state index in [9.17, 15) is 4.79 Å². The van der Waals surface area contributed by atoms with E-state index in [0.29, 0.717) is 6.54 Å². The number of amides is 1. The number of benzene rings is 1. The molecule has 1 aromatic heterocycles. The molecule has 17 heavy (non-hydrogen) atoms. The van der Waals surface area contributed by atoms with Gasteiger partial charge < -0.3 is 10.3 Å². The van der Waals surface area contributed by atoms with Crippen molar-refractivity contribution in [2.75, 3.05) is 6.54 Å². The molecule has 0 aliphatic rings. The first kappa shape index (κ1) is 11.9. The molecule has 2 N–H and O–H groups in total. The van der Waals surface area contributed by atoms with Gasteiger partial charge in [0.15, 0.2) is 0 Å². The zero-order valence-corrected chi connectivity index (χ0v) is 11.0. The molecular weight excluding hydrogens is 280 g/mol. The van der Waals surface area contributed by atoms with Crippen LogP contribution in [0.1, 0.15) is 12.5 Å². The highest BCUT2D eigenvalue weighted by atomic mass is 79.9. The fourth-order valence-corrected chi connectivity index (χ4v) is 2.01. The predicted molar refractivity (Wildman–Crippen MR) is 73.7 cm³/mol. The average Bonchev–Trinajstić information content (AvgIpc) is 2.66. The maximum Gasteiger partial charge on any atom is 0.217 e. The number of carbonyl (C=O) groups is 1. The van der Waals surface area contributed by atoms with E-state index in [4.69, 9.17) is 0 Å². The van der Waals surface area contributed by atoms with Crippen LogP contribution in [0.4, 0.5) is 0 Å². The Bertz CT molecular complexity index is 572. The molecule has 0 radical (unpaired) electrons. The van der Waals surface area contributed by atoms with Crippen molar-refractivity contribution >= 4 is 38.8 Å². The summed E-state index contributed by atoms with van der Waals surface area (Å²) in [6, 6.07) is 6.12. The fourth-order valence-electron chi connectivity index (χ4n) is 1.65. The molecule has 3 nitrogen and oxygen atoms in total. The van der Waals surface area contributed by atoms with Crippen molar-refractivity contribution in [2.45, 2.75) is 6.92 Å². The van der Waals surface area contributed by atoms with Gasteiger partial charge in [0.1, 0.15) is 0 Å². The Kier molecular flexibility index (Phi) is 3.64. The first-order chi connectivity index (χ1) is 8.16. The standard InChI is InChI=1S/C13H13BrN2O/c1-9(17)15-6-2-3-10-8-16-13-7-11(14)4-5-12(10)13/h2-5,7-8,16H,6H2,1H3,(H,15,17). The van der Waals surface area contributed by atoms with E-state index < -0.39 is 0 Å². The first-order valence-electron chi connectivity index (χ1n) is 5.34. The van der Waals surface area contributed by atoms with Crippen LogP contribution in [0.2, 0.25) is 0 Å². The molecule has 0 fully saturated rings. The van der Waals surface area contributed by atoms with Crippen LogP contribution in [0.3, 0.4) is 0 Å². The van der Waals surface area contributed by atoms with Crippen molar-refractivity contribution < 1.29 is 4.79 Å². The van der Waals surface area contributed by atoms with Gasteiger partial charge in [0.05, 0.1) is 0 Å². The van der Waals surface area contributed by atoms with E-state index >= 15 is 0 Å². The maximum absolute atomic E-state index is 10.7. The highest BCUT2D eigenvalue weighted by Gasteiger charge is 2.00. The molecule has 0 bridgehead atoms. The van der Waals surface area contributed by atoms with Gasteiger partial charge in [-0.15, -0.1) is 0 Å². The average molecular weight is 293 g/mol. The van der Waals surface area contributed by atoms with Crippen molar-refractivity contribution in [3.8, 4) is 0 Å². The van der Waals surface area contributed by atoms with Crippen LogP contribution in [0.5, 0.6) is 0 Å². The summed E-state index contributed by atoms with van der Waals surface area (Å²) in [6.07, 6.45) is 5.90. The smallest absolute Gasteiger partial charge is 0.217 e. The van der Waals surface area contributed by atoms with Gasteiger partial charge in [0.2, 0.25) is 5.91 Å². The number of carbonyl (C=O) groups excluding carboxylic acids is 1. The summed E-state index contributed by atoms with van der Waals surface area (Å²) in [5.74, 6) is -0.0162. The largest absolute Gasteiger partial charge is 0.361 e. The van der Waals surface area contributed by atoms with E-state index in [1.54, 1.807) is 0 Å². The number of hydrogen-bond acceptors (Lipinski definition) is 1. The number of aromatic nitrogens is 1. The molecule has 1 amide bonds. The Morgan fingerprint density at radius 2 is 2.35 bits per heavy atom. The molecule has 4 heteroatoms. The quantitative estimate of drug-likeness (QED) is 0.897. The summed E-state index contributed by atoms with van der Waals surface area (Å²) in [5, 5.41) is 3.90. The molecule has 88 valence electrons. The SMILES string of the molecule is CC(=O)NCC=Cc1c[nH]c2cc(Br)ccc12. The molecule has 0 aliphatic heterocycles. The lowest BCUT2D eigenvalue weighted by molar-refractivity contribution is -0.118. The lowest BCUT2D eigenvalue weighted by Gasteiger charge is -1.95. The fraction of sp³-hybridized carbons (Fsp3) is 0.154. The van der Waals surface area contributed by atoms with E-state index in [2.05, 4.69) is 32.3 Å². The third-order valence-corrected chi connectivity index (χ3v) is 2.94. The Labute approximate surface area is 108 Å². The van der Waals surface area contributed by atoms with Crippen molar-refractivity contribution in [3.63, 3.8) is 0 Å². The van der Waals surface area contributed by atoms with Crippen molar-refractivity contribution in [1.29, 1.82) is 0 Å². The summed E-state index contributed by atoms with van der Waals surface area (Å²) in [6.45, 7) is 2.07. The van der Waals surface area contributed by atoms with Gasteiger partial charge >= 0.3 is 0 Å². The highest BCUT2D eigenvalue weighted by Crippen LogP contribution is 2.22. The monoisotopic (exact) mass is 292 g/mol. The molecule has 2 aromatic rings. The molecule has 0 saturated carbocycles. The third kappa shape index (κ3) is 2.97. The summed E-state index contributed by atoms with van der Waals surface area (Å²) < 4.78 is 1.06. The van der Waals surface area contributed by atoms with Gasteiger partial charge in [-0.05, 0) is 17.7 Å². The summed E-state index contributed by atoms with van der Waals surface area (Å²) >= 11 is 3.44. The van der Waals surface area contributed by atoms with Crippen molar-refractivity contribution in [1.82, 2.24) is 10.3 Å². The second kappa shape index (κ2) is 5.19. The lowest BCUT2D eigenvalue weighted by Crippen LogP contribution is -2.19. The minimum absolute atomic E-state index is 0.0162. The van der Waals surface area contributed by atoms with E-state index in [0.717, 1.165) is 15.6 Å². The van der Waals surface area contributed by atoms with E-state index in [1.807, 2.05) is 30.5 Å². The molecule has 2 rings (SSSR count). The normalized spacial score (nSPS) is 11.2. The van der Waals surface area contributed by atoms with Gasteiger partial charge in [-0.25, -0.2) is 0 Å². The van der Waals surface area contributed by atoms with Crippen LogP contribution >= 0.6 is 15.9 Å². The summed E-state index contributed by atoms with van der Waals surface area (Å²) in [5.41, 5.74) is 2.22. The summed E-state index contributed by atoms with van der Waals surface area (Å²) in [7, 11) is 0. The van der Waals surface area contributed by atoms with Crippen LogP contribution < -0.4 is 5.32 Å². The molecule has 0 unspecified atom stereocenters. The van der Waals surface area contributed by atoms with Gasteiger partial charge in [0, 0.05) is 35.0 Å². The van der Waals surface area contributed by atoms with Gasteiger partial charge in [-0.3, -0.25) is 4.79 Å². The lowest BCUT2D eigenvalue weighted by atomic mass is 10.1. The topological polar surface area (TPSA) is 44.9 Å². The molecule has 0 saturated heterocycles. The number of fused-ring (bicyclic) bond motifs is 1.